The Kier molecular flexibility index (Phi) is 8.79. The molecule has 4 aliphatic rings. The zero-order chi connectivity index (χ0) is 34.2. The van der Waals surface area contributed by atoms with Crippen molar-refractivity contribution < 1.29 is 28.7 Å². The van der Waals surface area contributed by atoms with E-state index in [2.05, 4.69) is 20.6 Å². The van der Waals surface area contributed by atoms with Crippen LogP contribution in [0.5, 0.6) is 0 Å². The number of rotatable bonds is 13. The first-order valence-electron chi connectivity index (χ1n) is 17.4. The molecule has 2 fully saturated rings. The Labute approximate surface area is 288 Å². The molecule has 258 valence electrons. The van der Waals surface area contributed by atoms with Crippen LogP contribution in [0, 0.1) is 0 Å². The van der Waals surface area contributed by atoms with Gasteiger partial charge in [0.1, 0.15) is 0 Å². The summed E-state index contributed by atoms with van der Waals surface area (Å²) >= 11 is 0. The van der Waals surface area contributed by atoms with Crippen molar-refractivity contribution in [3.05, 3.63) is 94.6 Å². The molecular formula is C36H38N8O6. The van der Waals surface area contributed by atoms with Crippen molar-refractivity contribution in [1.82, 2.24) is 39.8 Å². The minimum absolute atomic E-state index is 0.0220. The van der Waals surface area contributed by atoms with Crippen molar-refractivity contribution in [2.45, 2.75) is 88.9 Å². The van der Waals surface area contributed by atoms with Gasteiger partial charge in [0.2, 0.25) is 0 Å². The maximum Gasteiger partial charge on any atom is 0.261 e. The summed E-state index contributed by atoms with van der Waals surface area (Å²) in [6.07, 6.45) is 10.1. The van der Waals surface area contributed by atoms with E-state index in [4.69, 9.17) is 9.47 Å². The summed E-state index contributed by atoms with van der Waals surface area (Å²) in [5.41, 5.74) is 3.50. The van der Waals surface area contributed by atoms with Crippen LogP contribution in [0.25, 0.3) is 0 Å². The van der Waals surface area contributed by atoms with Crippen molar-refractivity contribution in [2.24, 2.45) is 0 Å². The average Bonchev–Trinajstić information content (AvgIpc) is 4.00. The number of carbonyl (C=O) groups is 4. The van der Waals surface area contributed by atoms with Gasteiger partial charge in [0.15, 0.2) is 0 Å². The third-order valence-corrected chi connectivity index (χ3v) is 10.0. The van der Waals surface area contributed by atoms with Crippen molar-refractivity contribution in [3.63, 3.8) is 0 Å². The van der Waals surface area contributed by atoms with Crippen LogP contribution in [-0.4, -0.2) is 101 Å². The predicted molar refractivity (Wildman–Crippen MR) is 176 cm³/mol. The van der Waals surface area contributed by atoms with Gasteiger partial charge in [-0.05, 0) is 75.6 Å². The number of hydrogen-bond acceptors (Lipinski definition) is 10. The molecule has 2 aromatic heterocycles. The quantitative estimate of drug-likeness (QED) is 0.193. The lowest BCUT2D eigenvalue weighted by Crippen LogP contribution is -2.31. The molecule has 6 heterocycles. The van der Waals surface area contributed by atoms with Crippen LogP contribution in [0.2, 0.25) is 0 Å². The van der Waals surface area contributed by atoms with Crippen molar-refractivity contribution in [3.8, 4) is 0 Å². The van der Waals surface area contributed by atoms with Crippen LogP contribution < -0.4 is 0 Å². The number of aryl methyl sites for hydroxylation is 2. The van der Waals surface area contributed by atoms with Gasteiger partial charge in [0.25, 0.3) is 23.6 Å². The number of hydrogen-bond donors (Lipinski definition) is 0. The van der Waals surface area contributed by atoms with E-state index in [-0.39, 0.29) is 48.0 Å². The molecule has 0 aliphatic carbocycles. The van der Waals surface area contributed by atoms with Crippen molar-refractivity contribution >= 4 is 23.6 Å². The zero-order valence-corrected chi connectivity index (χ0v) is 27.6. The highest BCUT2D eigenvalue weighted by Gasteiger charge is 2.38. The van der Waals surface area contributed by atoms with E-state index in [1.807, 2.05) is 21.8 Å². The molecule has 4 unspecified atom stereocenters. The Morgan fingerprint density at radius 3 is 1.32 bits per heavy atom. The van der Waals surface area contributed by atoms with Gasteiger partial charge < -0.3 is 9.47 Å². The van der Waals surface area contributed by atoms with Crippen LogP contribution in [-0.2, 0) is 35.4 Å². The SMILES string of the molecule is O=C1c2ccccc2C(=O)N1CCCc1cn(CC2CCC(C3CCC(Cn4cc(CCCN5C(=O)c6ccccc6C5=O)nn4)O3)O2)nn1. The van der Waals surface area contributed by atoms with Crippen molar-refractivity contribution in [1.29, 1.82) is 0 Å². The van der Waals surface area contributed by atoms with E-state index in [1.165, 1.54) is 9.80 Å². The highest BCUT2D eigenvalue weighted by atomic mass is 16.6. The summed E-state index contributed by atoms with van der Waals surface area (Å²) in [5.74, 6) is -0.947. The number of amides is 4. The Balaban J connectivity index is 0.742. The van der Waals surface area contributed by atoms with E-state index in [0.717, 1.165) is 37.1 Å². The number of fused-ring (bicyclic) bond motifs is 2. The van der Waals surface area contributed by atoms with Gasteiger partial charge in [-0.25, -0.2) is 9.36 Å². The zero-order valence-electron chi connectivity index (χ0n) is 27.6. The lowest BCUT2D eigenvalue weighted by Gasteiger charge is -2.20. The van der Waals surface area contributed by atoms with E-state index in [9.17, 15) is 19.2 Å². The summed E-state index contributed by atoms with van der Waals surface area (Å²) in [6.45, 7) is 1.89. The van der Waals surface area contributed by atoms with E-state index >= 15 is 0 Å². The van der Waals surface area contributed by atoms with Crippen LogP contribution in [0.3, 0.4) is 0 Å². The van der Waals surface area contributed by atoms with E-state index in [0.29, 0.717) is 74.1 Å². The number of aromatic nitrogens is 6. The van der Waals surface area contributed by atoms with Gasteiger partial charge >= 0.3 is 0 Å². The maximum atomic E-state index is 12.6. The first kappa shape index (κ1) is 32.1. The molecule has 0 N–H and O–H groups in total. The van der Waals surface area contributed by atoms with Crippen molar-refractivity contribution in [2.75, 3.05) is 13.1 Å². The summed E-state index contributed by atoms with van der Waals surface area (Å²) in [7, 11) is 0. The van der Waals surface area contributed by atoms with Crippen LogP contribution >= 0.6 is 0 Å². The van der Waals surface area contributed by atoms with Crippen LogP contribution in [0.1, 0.15) is 91.3 Å². The first-order valence-corrected chi connectivity index (χ1v) is 17.4. The Morgan fingerprint density at radius 1 is 0.560 bits per heavy atom. The molecule has 14 nitrogen and oxygen atoms in total. The molecule has 2 saturated heterocycles. The fraction of sp³-hybridized carbons (Fsp3) is 0.444. The predicted octanol–water partition coefficient (Wildman–Crippen LogP) is 3.12. The molecule has 14 heteroatoms. The molecule has 4 aliphatic heterocycles. The molecule has 4 atom stereocenters. The number of benzene rings is 2. The molecule has 0 spiro atoms. The Bertz CT molecular complexity index is 1730. The van der Waals surface area contributed by atoms with Gasteiger partial charge in [-0.15, -0.1) is 10.2 Å². The Hall–Kier alpha value is -5.08. The van der Waals surface area contributed by atoms with Crippen LogP contribution in [0.4, 0.5) is 0 Å². The summed E-state index contributed by atoms with van der Waals surface area (Å²) in [6, 6.07) is 13.9. The molecule has 4 amide bonds. The normalized spacial score (nSPS) is 23.0. The second-order valence-electron chi connectivity index (χ2n) is 13.4. The highest BCUT2D eigenvalue weighted by Crippen LogP contribution is 2.32. The first-order chi connectivity index (χ1) is 24.4. The van der Waals surface area contributed by atoms with Crippen LogP contribution in [0.15, 0.2) is 60.9 Å². The standard InChI is InChI=1S/C36H38N8O6/c45-33-27-9-1-2-10-28(27)34(46)43(33)17-5-7-23-19-41(39-37-23)21-25-13-15-31(49-25)32-16-14-26(50-32)22-42-20-24(38-40-42)8-6-18-44-35(47)29-11-3-4-12-30(29)36(44)48/h1-4,9-12,19-20,25-26,31-32H,5-8,13-18,21-22H2. The molecule has 8 rings (SSSR count). The molecule has 4 aromatic rings. The van der Waals surface area contributed by atoms with Gasteiger partial charge in [0.05, 0.1) is 71.1 Å². The fourth-order valence-corrected chi connectivity index (χ4v) is 7.51. The fourth-order valence-electron chi connectivity index (χ4n) is 7.51. The molecular weight excluding hydrogens is 640 g/mol. The van der Waals surface area contributed by atoms with E-state index < -0.39 is 0 Å². The topological polar surface area (TPSA) is 155 Å². The average molecular weight is 679 g/mol. The molecule has 0 bridgehead atoms. The third-order valence-electron chi connectivity index (χ3n) is 10.0. The number of nitrogens with zero attached hydrogens (tertiary/aromatic N) is 8. The number of carbonyl (C=O) groups excluding carboxylic acids is 4. The Morgan fingerprint density at radius 2 is 0.940 bits per heavy atom. The lowest BCUT2D eigenvalue weighted by molar-refractivity contribution is -0.0714. The molecule has 0 saturated carbocycles. The second-order valence-corrected chi connectivity index (χ2v) is 13.4. The number of ether oxygens (including phenoxy) is 2. The summed E-state index contributed by atoms with van der Waals surface area (Å²) < 4.78 is 16.4. The van der Waals surface area contributed by atoms with Gasteiger partial charge in [-0.3, -0.25) is 29.0 Å². The lowest BCUT2D eigenvalue weighted by atomic mass is 10.1. The number of imide groups is 2. The summed E-state index contributed by atoms with van der Waals surface area (Å²) in [4.78, 5) is 53.0. The smallest absolute Gasteiger partial charge is 0.261 e. The second kappa shape index (κ2) is 13.7. The minimum atomic E-state index is -0.237. The van der Waals surface area contributed by atoms with Gasteiger partial charge in [-0.2, -0.15) is 0 Å². The molecule has 50 heavy (non-hydrogen) atoms. The highest BCUT2D eigenvalue weighted by molar-refractivity contribution is 6.22. The largest absolute Gasteiger partial charge is 0.370 e. The molecule has 0 radical (unpaired) electrons. The monoisotopic (exact) mass is 678 g/mol. The van der Waals surface area contributed by atoms with E-state index in [1.54, 1.807) is 48.5 Å². The third kappa shape index (κ3) is 6.36. The van der Waals surface area contributed by atoms with Gasteiger partial charge in [0, 0.05) is 25.5 Å². The maximum absolute atomic E-state index is 12.6. The summed E-state index contributed by atoms with van der Waals surface area (Å²) in [5, 5.41) is 17.2. The minimum Gasteiger partial charge on any atom is -0.370 e. The molecule has 2 aromatic carbocycles. The van der Waals surface area contributed by atoms with Gasteiger partial charge in [-0.1, -0.05) is 34.7 Å².